The zero-order valence-electron chi connectivity index (χ0n) is 5.67. The molecule has 0 saturated heterocycles. The van der Waals surface area contributed by atoms with E-state index < -0.39 is 6.67 Å². The van der Waals surface area contributed by atoms with E-state index in [2.05, 4.69) is 10.3 Å². The van der Waals surface area contributed by atoms with E-state index in [-0.39, 0.29) is 6.04 Å². The number of hydrogen-bond donors (Lipinski definition) is 1. The van der Waals surface area contributed by atoms with Crippen LogP contribution < -0.4 is 5.32 Å². The SMILES string of the molecule is CNC(CF)c1cscn1. The summed E-state index contributed by atoms with van der Waals surface area (Å²) in [6, 6.07) is -0.230. The predicted molar refractivity (Wildman–Crippen MR) is 39.9 cm³/mol. The summed E-state index contributed by atoms with van der Waals surface area (Å²) in [6.45, 7) is -0.403. The molecule has 0 spiro atoms. The molecule has 2 nitrogen and oxygen atoms in total. The minimum Gasteiger partial charge on any atom is -0.310 e. The first kappa shape index (κ1) is 7.63. The van der Waals surface area contributed by atoms with Crippen molar-refractivity contribution in [1.29, 1.82) is 0 Å². The molecule has 1 atom stereocenters. The fourth-order valence-corrected chi connectivity index (χ4v) is 1.31. The van der Waals surface area contributed by atoms with Gasteiger partial charge in [0.2, 0.25) is 0 Å². The third-order valence-corrected chi connectivity index (χ3v) is 1.92. The molecule has 0 amide bonds. The van der Waals surface area contributed by atoms with Crippen LogP contribution in [0, 0.1) is 0 Å². The third-order valence-electron chi connectivity index (χ3n) is 1.31. The van der Waals surface area contributed by atoms with Gasteiger partial charge in [-0.3, -0.25) is 0 Å². The van der Waals surface area contributed by atoms with E-state index in [0.29, 0.717) is 0 Å². The van der Waals surface area contributed by atoms with Crippen LogP contribution in [0.4, 0.5) is 4.39 Å². The van der Waals surface area contributed by atoms with Crippen molar-refractivity contribution in [2.24, 2.45) is 0 Å². The van der Waals surface area contributed by atoms with E-state index in [1.165, 1.54) is 11.3 Å². The molecule has 0 aliphatic rings. The van der Waals surface area contributed by atoms with Gasteiger partial charge in [0.15, 0.2) is 0 Å². The largest absolute Gasteiger partial charge is 0.310 e. The molecule has 0 fully saturated rings. The smallest absolute Gasteiger partial charge is 0.110 e. The lowest BCUT2D eigenvalue weighted by Crippen LogP contribution is -2.18. The summed E-state index contributed by atoms with van der Waals surface area (Å²) in [6.07, 6.45) is 0. The van der Waals surface area contributed by atoms with Crippen molar-refractivity contribution in [3.63, 3.8) is 0 Å². The molecule has 4 heteroatoms. The van der Waals surface area contributed by atoms with Gasteiger partial charge in [-0.25, -0.2) is 9.37 Å². The summed E-state index contributed by atoms with van der Waals surface area (Å²) in [5.74, 6) is 0. The quantitative estimate of drug-likeness (QED) is 0.722. The van der Waals surface area contributed by atoms with Gasteiger partial charge in [-0.1, -0.05) is 0 Å². The molecule has 0 aliphatic carbocycles. The number of halogens is 1. The number of aromatic nitrogens is 1. The molecule has 1 unspecified atom stereocenters. The number of hydrogen-bond acceptors (Lipinski definition) is 3. The molecule has 0 saturated carbocycles. The van der Waals surface area contributed by atoms with Gasteiger partial charge < -0.3 is 5.32 Å². The molecule has 1 heterocycles. The Balaban J connectivity index is 2.64. The van der Waals surface area contributed by atoms with Crippen LogP contribution in [-0.4, -0.2) is 18.7 Å². The highest BCUT2D eigenvalue weighted by molar-refractivity contribution is 7.07. The van der Waals surface area contributed by atoms with E-state index in [0.717, 1.165) is 5.69 Å². The Bertz CT molecular complexity index is 172. The van der Waals surface area contributed by atoms with Crippen molar-refractivity contribution in [3.05, 3.63) is 16.6 Å². The molecule has 0 bridgehead atoms. The van der Waals surface area contributed by atoms with Crippen molar-refractivity contribution < 1.29 is 4.39 Å². The van der Waals surface area contributed by atoms with Gasteiger partial charge in [0.1, 0.15) is 6.67 Å². The first-order valence-corrected chi connectivity index (χ1v) is 3.94. The Morgan fingerprint density at radius 2 is 2.70 bits per heavy atom. The normalized spacial score (nSPS) is 13.4. The first-order valence-electron chi connectivity index (χ1n) is 2.99. The summed E-state index contributed by atoms with van der Waals surface area (Å²) < 4.78 is 12.1. The molecule has 0 aromatic carbocycles. The average Bonchev–Trinajstić information content (AvgIpc) is 2.43. The Hall–Kier alpha value is -0.480. The minimum atomic E-state index is -0.403. The van der Waals surface area contributed by atoms with Gasteiger partial charge in [-0.15, -0.1) is 11.3 Å². The zero-order valence-corrected chi connectivity index (χ0v) is 6.49. The molecule has 1 rings (SSSR count). The molecule has 1 N–H and O–H groups in total. The maximum absolute atomic E-state index is 12.1. The van der Waals surface area contributed by atoms with Crippen LogP contribution in [-0.2, 0) is 0 Å². The van der Waals surface area contributed by atoms with Gasteiger partial charge >= 0.3 is 0 Å². The fraction of sp³-hybridized carbons (Fsp3) is 0.500. The maximum atomic E-state index is 12.1. The number of alkyl halides is 1. The lowest BCUT2D eigenvalue weighted by molar-refractivity contribution is 0.395. The van der Waals surface area contributed by atoms with Gasteiger partial charge in [0, 0.05) is 5.38 Å². The Labute approximate surface area is 63.1 Å². The van der Waals surface area contributed by atoms with Crippen molar-refractivity contribution in [2.45, 2.75) is 6.04 Å². The van der Waals surface area contributed by atoms with Crippen LogP contribution >= 0.6 is 11.3 Å². The zero-order chi connectivity index (χ0) is 7.40. The molecule has 0 aliphatic heterocycles. The van der Waals surface area contributed by atoms with Crippen LogP contribution in [0.25, 0.3) is 0 Å². The third kappa shape index (κ3) is 1.52. The standard InChI is InChI=1S/C6H9FN2S/c1-8-5(2-7)6-3-10-4-9-6/h3-5,8H,2H2,1H3. The maximum Gasteiger partial charge on any atom is 0.110 e. The fourth-order valence-electron chi connectivity index (χ4n) is 0.698. The summed E-state index contributed by atoms with van der Waals surface area (Å²) in [5.41, 5.74) is 2.49. The van der Waals surface area contributed by atoms with Crippen molar-refractivity contribution in [1.82, 2.24) is 10.3 Å². The van der Waals surface area contributed by atoms with Gasteiger partial charge in [-0.2, -0.15) is 0 Å². The average molecular weight is 160 g/mol. The number of rotatable bonds is 3. The van der Waals surface area contributed by atoms with Crippen molar-refractivity contribution >= 4 is 11.3 Å². The van der Waals surface area contributed by atoms with Crippen LogP contribution in [0.5, 0.6) is 0 Å². The molecular formula is C6H9FN2S. The molecule has 56 valence electrons. The molecule has 1 aromatic heterocycles. The predicted octanol–water partition coefficient (Wildman–Crippen LogP) is 1.37. The monoisotopic (exact) mass is 160 g/mol. The van der Waals surface area contributed by atoms with Gasteiger partial charge in [0.25, 0.3) is 0 Å². The number of nitrogens with one attached hydrogen (secondary N) is 1. The van der Waals surface area contributed by atoms with Crippen LogP contribution in [0.15, 0.2) is 10.9 Å². The molecular weight excluding hydrogens is 151 g/mol. The highest BCUT2D eigenvalue weighted by Gasteiger charge is 2.08. The summed E-state index contributed by atoms with van der Waals surface area (Å²) in [5, 5.41) is 4.67. The highest BCUT2D eigenvalue weighted by atomic mass is 32.1. The second kappa shape index (κ2) is 3.63. The lowest BCUT2D eigenvalue weighted by Gasteiger charge is -2.06. The topological polar surface area (TPSA) is 24.9 Å². The molecule has 0 radical (unpaired) electrons. The molecule has 10 heavy (non-hydrogen) atoms. The summed E-state index contributed by atoms with van der Waals surface area (Å²) >= 11 is 1.48. The van der Waals surface area contributed by atoms with Crippen molar-refractivity contribution in [2.75, 3.05) is 13.7 Å². The summed E-state index contributed by atoms with van der Waals surface area (Å²) in [4.78, 5) is 3.97. The Kier molecular flexibility index (Phi) is 2.77. The second-order valence-electron chi connectivity index (χ2n) is 1.91. The van der Waals surface area contributed by atoms with Crippen LogP contribution in [0.1, 0.15) is 11.7 Å². The Morgan fingerprint density at radius 3 is 3.10 bits per heavy atom. The number of nitrogens with zero attached hydrogens (tertiary/aromatic N) is 1. The van der Waals surface area contributed by atoms with Crippen molar-refractivity contribution in [3.8, 4) is 0 Å². The van der Waals surface area contributed by atoms with E-state index in [1.807, 2.05) is 5.38 Å². The van der Waals surface area contributed by atoms with E-state index >= 15 is 0 Å². The first-order chi connectivity index (χ1) is 4.88. The number of thiazole rings is 1. The van der Waals surface area contributed by atoms with Crippen LogP contribution in [0.3, 0.4) is 0 Å². The highest BCUT2D eigenvalue weighted by Crippen LogP contribution is 2.11. The van der Waals surface area contributed by atoms with E-state index in [9.17, 15) is 4.39 Å². The lowest BCUT2D eigenvalue weighted by atomic mass is 10.2. The van der Waals surface area contributed by atoms with E-state index in [1.54, 1.807) is 12.6 Å². The Morgan fingerprint density at radius 1 is 1.90 bits per heavy atom. The van der Waals surface area contributed by atoms with E-state index in [4.69, 9.17) is 0 Å². The van der Waals surface area contributed by atoms with Gasteiger partial charge in [0.05, 0.1) is 17.2 Å². The summed E-state index contributed by atoms with van der Waals surface area (Å²) in [7, 11) is 1.73. The second-order valence-corrected chi connectivity index (χ2v) is 2.63. The van der Waals surface area contributed by atoms with Gasteiger partial charge in [-0.05, 0) is 7.05 Å². The molecule has 1 aromatic rings. The van der Waals surface area contributed by atoms with Crippen LogP contribution in [0.2, 0.25) is 0 Å². The minimum absolute atomic E-state index is 0.230.